The highest BCUT2D eigenvalue weighted by Crippen LogP contribution is 2.31. The molecule has 1 unspecified atom stereocenters. The average Bonchev–Trinajstić information content (AvgIpc) is 2.77. The molecular weight excluding hydrogens is 214 g/mol. The zero-order valence-electron chi connectivity index (χ0n) is 10.8. The van der Waals surface area contributed by atoms with Crippen molar-refractivity contribution < 1.29 is 5.11 Å². The minimum absolute atomic E-state index is 0.253. The van der Waals surface area contributed by atoms with Crippen molar-refractivity contribution in [3.8, 4) is 0 Å². The maximum atomic E-state index is 10.3. The SMILES string of the molecule is CCn1ncnc1CC(O)C1CCC(C)CC1. The molecule has 1 fully saturated rings. The molecule has 1 aromatic heterocycles. The first-order valence-electron chi connectivity index (χ1n) is 6.75. The summed E-state index contributed by atoms with van der Waals surface area (Å²) < 4.78 is 1.87. The number of aliphatic hydroxyl groups is 1. The first-order chi connectivity index (χ1) is 8.20. The van der Waals surface area contributed by atoms with Crippen molar-refractivity contribution in [1.82, 2.24) is 14.8 Å². The molecule has 96 valence electrons. The van der Waals surface area contributed by atoms with E-state index < -0.39 is 0 Å². The second-order valence-electron chi connectivity index (χ2n) is 5.28. The fraction of sp³-hybridized carbons (Fsp3) is 0.846. The van der Waals surface area contributed by atoms with E-state index in [2.05, 4.69) is 17.0 Å². The van der Waals surface area contributed by atoms with Crippen LogP contribution in [0.25, 0.3) is 0 Å². The van der Waals surface area contributed by atoms with Gasteiger partial charge in [0.15, 0.2) is 0 Å². The van der Waals surface area contributed by atoms with Gasteiger partial charge in [-0.25, -0.2) is 4.98 Å². The number of aryl methyl sites for hydroxylation is 1. The average molecular weight is 237 g/mol. The summed E-state index contributed by atoms with van der Waals surface area (Å²) in [6.07, 6.45) is 6.79. The van der Waals surface area contributed by atoms with E-state index in [1.165, 1.54) is 12.8 Å². The molecule has 1 aromatic rings. The van der Waals surface area contributed by atoms with E-state index in [4.69, 9.17) is 0 Å². The third-order valence-electron chi connectivity index (χ3n) is 3.99. The number of hydrogen-bond acceptors (Lipinski definition) is 3. The zero-order valence-corrected chi connectivity index (χ0v) is 10.8. The monoisotopic (exact) mass is 237 g/mol. The zero-order chi connectivity index (χ0) is 12.3. The van der Waals surface area contributed by atoms with Gasteiger partial charge in [0.1, 0.15) is 12.2 Å². The van der Waals surface area contributed by atoms with Crippen molar-refractivity contribution in [3.63, 3.8) is 0 Å². The first kappa shape index (κ1) is 12.6. The Kier molecular flexibility index (Phi) is 4.15. The molecule has 0 saturated heterocycles. The molecule has 4 heteroatoms. The molecule has 1 N–H and O–H groups in total. The lowest BCUT2D eigenvalue weighted by atomic mass is 9.79. The second kappa shape index (κ2) is 5.63. The fourth-order valence-corrected chi connectivity index (χ4v) is 2.73. The van der Waals surface area contributed by atoms with E-state index in [1.807, 2.05) is 11.6 Å². The molecule has 1 aliphatic rings. The molecule has 17 heavy (non-hydrogen) atoms. The van der Waals surface area contributed by atoms with Crippen LogP contribution in [-0.2, 0) is 13.0 Å². The molecule has 4 nitrogen and oxygen atoms in total. The molecule has 0 spiro atoms. The molecule has 0 amide bonds. The van der Waals surface area contributed by atoms with Crippen LogP contribution in [-0.4, -0.2) is 26.0 Å². The van der Waals surface area contributed by atoms with E-state index >= 15 is 0 Å². The molecule has 0 aromatic carbocycles. The molecule has 1 aliphatic carbocycles. The molecule has 0 aliphatic heterocycles. The van der Waals surface area contributed by atoms with Crippen molar-refractivity contribution in [2.45, 2.75) is 58.6 Å². The van der Waals surface area contributed by atoms with Gasteiger partial charge in [-0.1, -0.05) is 19.8 Å². The smallest absolute Gasteiger partial charge is 0.138 e. The van der Waals surface area contributed by atoms with Gasteiger partial charge in [-0.05, 0) is 31.6 Å². The van der Waals surface area contributed by atoms with Gasteiger partial charge in [-0.3, -0.25) is 4.68 Å². The van der Waals surface area contributed by atoms with Crippen LogP contribution in [0, 0.1) is 11.8 Å². The summed E-state index contributed by atoms with van der Waals surface area (Å²) in [5.74, 6) is 2.20. The van der Waals surface area contributed by atoms with Crippen LogP contribution >= 0.6 is 0 Å². The Morgan fingerprint density at radius 3 is 2.76 bits per heavy atom. The number of nitrogens with zero attached hydrogens (tertiary/aromatic N) is 3. The van der Waals surface area contributed by atoms with Gasteiger partial charge in [0, 0.05) is 13.0 Å². The highest BCUT2D eigenvalue weighted by molar-refractivity contribution is 4.90. The Hall–Kier alpha value is -0.900. The molecule has 1 heterocycles. The molecule has 1 saturated carbocycles. The Morgan fingerprint density at radius 2 is 2.12 bits per heavy atom. The van der Waals surface area contributed by atoms with Gasteiger partial charge in [-0.2, -0.15) is 5.10 Å². The summed E-state index contributed by atoms with van der Waals surface area (Å²) in [6.45, 7) is 5.17. The van der Waals surface area contributed by atoms with E-state index in [1.54, 1.807) is 6.33 Å². The summed E-state index contributed by atoms with van der Waals surface area (Å²) in [5.41, 5.74) is 0. The second-order valence-corrected chi connectivity index (χ2v) is 5.28. The highest BCUT2D eigenvalue weighted by atomic mass is 16.3. The van der Waals surface area contributed by atoms with Crippen LogP contribution in [0.15, 0.2) is 6.33 Å². The lowest BCUT2D eigenvalue weighted by molar-refractivity contribution is 0.0736. The van der Waals surface area contributed by atoms with Gasteiger partial charge >= 0.3 is 0 Å². The summed E-state index contributed by atoms with van der Waals surface area (Å²) in [5, 5.41) is 14.4. The molecule has 0 radical (unpaired) electrons. The number of rotatable bonds is 4. The largest absolute Gasteiger partial charge is 0.392 e. The van der Waals surface area contributed by atoms with E-state index in [9.17, 15) is 5.11 Å². The summed E-state index contributed by atoms with van der Waals surface area (Å²) in [7, 11) is 0. The van der Waals surface area contributed by atoms with Gasteiger partial charge in [0.2, 0.25) is 0 Å². The van der Waals surface area contributed by atoms with Crippen molar-refractivity contribution in [2.75, 3.05) is 0 Å². The van der Waals surface area contributed by atoms with E-state index in [0.717, 1.165) is 31.1 Å². The minimum Gasteiger partial charge on any atom is -0.392 e. The van der Waals surface area contributed by atoms with E-state index in [-0.39, 0.29) is 6.10 Å². The van der Waals surface area contributed by atoms with Crippen molar-refractivity contribution in [1.29, 1.82) is 0 Å². The van der Waals surface area contributed by atoms with Gasteiger partial charge < -0.3 is 5.11 Å². The van der Waals surface area contributed by atoms with Crippen molar-refractivity contribution in [2.24, 2.45) is 11.8 Å². The van der Waals surface area contributed by atoms with Gasteiger partial charge in [0.05, 0.1) is 6.10 Å². The Balaban J connectivity index is 1.90. The fourth-order valence-electron chi connectivity index (χ4n) is 2.73. The van der Waals surface area contributed by atoms with Crippen LogP contribution in [0.1, 0.15) is 45.4 Å². The molecule has 0 bridgehead atoms. The van der Waals surface area contributed by atoms with Crippen molar-refractivity contribution in [3.05, 3.63) is 12.2 Å². The van der Waals surface area contributed by atoms with Crippen LogP contribution < -0.4 is 0 Å². The number of aliphatic hydroxyl groups excluding tert-OH is 1. The first-order valence-corrected chi connectivity index (χ1v) is 6.75. The Labute approximate surface area is 103 Å². The lowest BCUT2D eigenvalue weighted by Gasteiger charge is -2.29. The lowest BCUT2D eigenvalue weighted by Crippen LogP contribution is -2.28. The predicted octanol–water partition coefficient (Wildman–Crippen LogP) is 2.03. The minimum atomic E-state index is -0.253. The molecular formula is C13H23N3O. The summed E-state index contributed by atoms with van der Waals surface area (Å²) in [4.78, 5) is 4.23. The number of aromatic nitrogens is 3. The van der Waals surface area contributed by atoms with Gasteiger partial charge in [0.25, 0.3) is 0 Å². The topological polar surface area (TPSA) is 50.9 Å². The Morgan fingerprint density at radius 1 is 1.41 bits per heavy atom. The third-order valence-corrected chi connectivity index (χ3v) is 3.99. The van der Waals surface area contributed by atoms with E-state index in [0.29, 0.717) is 12.3 Å². The van der Waals surface area contributed by atoms with Crippen LogP contribution in [0.5, 0.6) is 0 Å². The summed E-state index contributed by atoms with van der Waals surface area (Å²) in [6, 6.07) is 0. The van der Waals surface area contributed by atoms with Crippen LogP contribution in [0.4, 0.5) is 0 Å². The van der Waals surface area contributed by atoms with Crippen molar-refractivity contribution >= 4 is 0 Å². The maximum Gasteiger partial charge on any atom is 0.138 e. The standard InChI is InChI=1S/C13H23N3O/c1-3-16-13(14-9-15-16)8-12(17)11-6-4-10(2)5-7-11/h9-12,17H,3-8H2,1-2H3. The predicted molar refractivity (Wildman–Crippen MR) is 66.5 cm³/mol. The van der Waals surface area contributed by atoms with Crippen LogP contribution in [0.2, 0.25) is 0 Å². The molecule has 1 atom stereocenters. The quantitative estimate of drug-likeness (QED) is 0.871. The molecule has 2 rings (SSSR count). The third kappa shape index (κ3) is 3.06. The Bertz CT molecular complexity index is 342. The van der Waals surface area contributed by atoms with Crippen LogP contribution in [0.3, 0.4) is 0 Å². The van der Waals surface area contributed by atoms with Gasteiger partial charge in [-0.15, -0.1) is 0 Å². The number of hydrogen-bond donors (Lipinski definition) is 1. The maximum absolute atomic E-state index is 10.3. The highest BCUT2D eigenvalue weighted by Gasteiger charge is 2.25. The normalized spacial score (nSPS) is 27.0. The summed E-state index contributed by atoms with van der Waals surface area (Å²) >= 11 is 0.